The van der Waals surface area contributed by atoms with Crippen molar-refractivity contribution >= 4 is 11.3 Å². The molecule has 3 heteroatoms. The molecule has 0 radical (unpaired) electrons. The van der Waals surface area contributed by atoms with Crippen LogP contribution in [0.15, 0.2) is 24.3 Å². The van der Waals surface area contributed by atoms with E-state index in [1.807, 2.05) is 11.3 Å². The Kier molecular flexibility index (Phi) is 3.12. The average molecular weight is 284 g/mol. The van der Waals surface area contributed by atoms with Gasteiger partial charge in [0.1, 0.15) is 5.01 Å². The Morgan fingerprint density at radius 1 is 1.20 bits per heavy atom. The lowest BCUT2D eigenvalue weighted by molar-refractivity contribution is 0.678. The van der Waals surface area contributed by atoms with Gasteiger partial charge in [-0.05, 0) is 55.6 Å². The third kappa shape index (κ3) is 2.29. The SMILES string of the molecule is NC(c1cccc(C2CC2)c1)c1nc2c(s1)CCCC2. The van der Waals surface area contributed by atoms with Crippen molar-refractivity contribution in [2.75, 3.05) is 0 Å². The van der Waals surface area contributed by atoms with Crippen LogP contribution in [0, 0.1) is 0 Å². The van der Waals surface area contributed by atoms with Crippen LogP contribution in [0.2, 0.25) is 0 Å². The molecule has 1 unspecified atom stereocenters. The predicted octanol–water partition coefficient (Wildman–Crippen LogP) is 3.95. The first-order chi connectivity index (χ1) is 9.81. The molecule has 1 aromatic heterocycles. The predicted molar refractivity (Wildman–Crippen MR) is 83.2 cm³/mol. The summed E-state index contributed by atoms with van der Waals surface area (Å²) in [4.78, 5) is 6.28. The molecule has 2 aliphatic carbocycles. The molecule has 2 aromatic rings. The fourth-order valence-electron chi connectivity index (χ4n) is 3.07. The van der Waals surface area contributed by atoms with Crippen molar-refractivity contribution in [3.05, 3.63) is 51.0 Å². The van der Waals surface area contributed by atoms with Gasteiger partial charge in [0, 0.05) is 4.88 Å². The molecule has 1 heterocycles. The summed E-state index contributed by atoms with van der Waals surface area (Å²) in [6, 6.07) is 8.78. The molecular weight excluding hydrogens is 264 g/mol. The number of aromatic nitrogens is 1. The second-order valence-corrected chi connectivity index (χ2v) is 7.17. The Morgan fingerprint density at radius 2 is 2.05 bits per heavy atom. The van der Waals surface area contributed by atoms with Gasteiger partial charge in [-0.1, -0.05) is 24.3 Å². The molecule has 1 aromatic carbocycles. The number of nitrogens with two attached hydrogens (primary N) is 1. The van der Waals surface area contributed by atoms with Crippen molar-refractivity contribution < 1.29 is 0 Å². The summed E-state index contributed by atoms with van der Waals surface area (Å²) >= 11 is 1.83. The highest BCUT2D eigenvalue weighted by Crippen LogP contribution is 2.41. The van der Waals surface area contributed by atoms with Crippen LogP contribution in [0.5, 0.6) is 0 Å². The van der Waals surface area contributed by atoms with Crippen LogP contribution in [0.1, 0.15) is 64.3 Å². The Morgan fingerprint density at radius 3 is 2.85 bits per heavy atom. The normalized spacial score (nSPS) is 19.6. The molecule has 20 heavy (non-hydrogen) atoms. The van der Waals surface area contributed by atoms with Crippen molar-refractivity contribution in [3.63, 3.8) is 0 Å². The van der Waals surface area contributed by atoms with Gasteiger partial charge in [-0.15, -0.1) is 11.3 Å². The van der Waals surface area contributed by atoms with Crippen molar-refractivity contribution in [1.82, 2.24) is 4.98 Å². The van der Waals surface area contributed by atoms with Crippen LogP contribution < -0.4 is 5.73 Å². The number of thiazole rings is 1. The minimum Gasteiger partial charge on any atom is -0.318 e. The molecule has 0 bridgehead atoms. The van der Waals surface area contributed by atoms with E-state index in [4.69, 9.17) is 10.7 Å². The van der Waals surface area contributed by atoms with Gasteiger partial charge in [0.2, 0.25) is 0 Å². The minimum absolute atomic E-state index is 0.0516. The van der Waals surface area contributed by atoms with Crippen molar-refractivity contribution in [3.8, 4) is 0 Å². The second-order valence-electron chi connectivity index (χ2n) is 6.05. The Hall–Kier alpha value is -1.19. The third-order valence-electron chi connectivity index (χ3n) is 4.45. The first kappa shape index (κ1) is 12.5. The van der Waals surface area contributed by atoms with Crippen molar-refractivity contribution in [2.45, 2.75) is 50.5 Å². The van der Waals surface area contributed by atoms with Crippen LogP contribution in [0.4, 0.5) is 0 Å². The van der Waals surface area contributed by atoms with E-state index < -0.39 is 0 Å². The molecule has 0 saturated heterocycles. The number of fused-ring (bicyclic) bond motifs is 1. The smallest absolute Gasteiger partial charge is 0.114 e. The Labute approximate surface area is 124 Å². The van der Waals surface area contributed by atoms with Crippen LogP contribution >= 0.6 is 11.3 Å². The highest BCUT2D eigenvalue weighted by molar-refractivity contribution is 7.11. The van der Waals surface area contributed by atoms with E-state index >= 15 is 0 Å². The van der Waals surface area contributed by atoms with Crippen LogP contribution in [-0.2, 0) is 12.8 Å². The number of hydrogen-bond acceptors (Lipinski definition) is 3. The van der Waals surface area contributed by atoms with Crippen molar-refractivity contribution in [2.24, 2.45) is 5.73 Å². The maximum absolute atomic E-state index is 6.47. The van der Waals surface area contributed by atoms with Gasteiger partial charge >= 0.3 is 0 Å². The van der Waals surface area contributed by atoms with E-state index in [9.17, 15) is 0 Å². The number of benzene rings is 1. The molecule has 2 nitrogen and oxygen atoms in total. The fraction of sp³-hybridized carbons (Fsp3) is 0.471. The topological polar surface area (TPSA) is 38.9 Å². The van der Waals surface area contributed by atoms with Gasteiger partial charge in [0.25, 0.3) is 0 Å². The summed E-state index contributed by atoms with van der Waals surface area (Å²) in [5.41, 5.74) is 10.5. The number of rotatable bonds is 3. The summed E-state index contributed by atoms with van der Waals surface area (Å²) in [5, 5.41) is 1.10. The molecule has 1 atom stereocenters. The highest BCUT2D eigenvalue weighted by atomic mass is 32.1. The van der Waals surface area contributed by atoms with Gasteiger partial charge in [0.05, 0.1) is 11.7 Å². The monoisotopic (exact) mass is 284 g/mol. The Bertz CT molecular complexity index is 604. The van der Waals surface area contributed by atoms with E-state index in [1.54, 1.807) is 0 Å². The first-order valence-electron chi connectivity index (χ1n) is 7.65. The standard InChI is InChI=1S/C17H20N2S/c18-16(13-5-3-4-12(10-13)11-8-9-11)17-19-14-6-1-2-7-15(14)20-17/h3-5,10-11,16H,1-2,6-9,18H2. The van der Waals surface area contributed by atoms with Gasteiger partial charge in [-0.2, -0.15) is 0 Å². The van der Waals surface area contributed by atoms with Gasteiger partial charge < -0.3 is 5.73 Å². The zero-order valence-electron chi connectivity index (χ0n) is 11.6. The van der Waals surface area contributed by atoms with Crippen molar-refractivity contribution in [1.29, 1.82) is 0 Å². The zero-order valence-corrected chi connectivity index (χ0v) is 12.5. The average Bonchev–Trinajstić information content (AvgIpc) is 3.25. The van der Waals surface area contributed by atoms with Crippen LogP contribution in [-0.4, -0.2) is 4.98 Å². The number of aryl methyl sites for hydroxylation is 2. The molecule has 2 N–H and O–H groups in total. The lowest BCUT2D eigenvalue weighted by Crippen LogP contribution is -2.12. The lowest BCUT2D eigenvalue weighted by atomic mass is 10.0. The molecular formula is C17H20N2S. The molecule has 104 valence electrons. The maximum Gasteiger partial charge on any atom is 0.114 e. The van der Waals surface area contributed by atoms with Crippen LogP contribution in [0.3, 0.4) is 0 Å². The van der Waals surface area contributed by atoms with Gasteiger partial charge in [-0.3, -0.25) is 0 Å². The summed E-state index contributed by atoms with van der Waals surface area (Å²) < 4.78 is 0. The second kappa shape index (κ2) is 4.97. The van der Waals surface area contributed by atoms with E-state index in [-0.39, 0.29) is 6.04 Å². The van der Waals surface area contributed by atoms with E-state index in [2.05, 4.69) is 24.3 Å². The molecule has 0 aliphatic heterocycles. The van der Waals surface area contributed by atoms with E-state index in [0.29, 0.717) is 0 Å². The molecule has 1 fully saturated rings. The lowest BCUT2D eigenvalue weighted by Gasteiger charge is -2.10. The molecule has 2 aliphatic rings. The zero-order chi connectivity index (χ0) is 13.5. The third-order valence-corrected chi connectivity index (χ3v) is 5.69. The van der Waals surface area contributed by atoms with Gasteiger partial charge in [-0.25, -0.2) is 4.98 Å². The molecule has 0 spiro atoms. The molecule has 4 rings (SSSR count). The summed E-state index contributed by atoms with van der Waals surface area (Å²) in [6.45, 7) is 0. The fourth-order valence-corrected chi connectivity index (χ4v) is 4.25. The minimum atomic E-state index is -0.0516. The van der Waals surface area contributed by atoms with E-state index in [1.165, 1.54) is 53.8 Å². The summed E-state index contributed by atoms with van der Waals surface area (Å²) in [6.07, 6.45) is 7.60. The first-order valence-corrected chi connectivity index (χ1v) is 8.47. The highest BCUT2D eigenvalue weighted by Gasteiger charge is 2.25. The number of hydrogen-bond donors (Lipinski definition) is 1. The van der Waals surface area contributed by atoms with E-state index in [0.717, 1.165) is 17.3 Å². The maximum atomic E-state index is 6.47. The summed E-state index contributed by atoms with van der Waals surface area (Å²) in [5.74, 6) is 0.784. The quantitative estimate of drug-likeness (QED) is 0.927. The number of nitrogens with zero attached hydrogens (tertiary/aromatic N) is 1. The van der Waals surface area contributed by atoms with Crippen LogP contribution in [0.25, 0.3) is 0 Å². The summed E-state index contributed by atoms with van der Waals surface area (Å²) in [7, 11) is 0. The molecule has 1 saturated carbocycles. The largest absolute Gasteiger partial charge is 0.318 e. The molecule has 0 amide bonds. The Balaban J connectivity index is 1.64. The van der Waals surface area contributed by atoms with Gasteiger partial charge in [0.15, 0.2) is 0 Å².